The van der Waals surface area contributed by atoms with Gasteiger partial charge < -0.3 is 0 Å². The summed E-state index contributed by atoms with van der Waals surface area (Å²) in [4.78, 5) is 0. The summed E-state index contributed by atoms with van der Waals surface area (Å²) in [6, 6.07) is 2.44. The topological polar surface area (TPSA) is 55.9 Å². The zero-order valence-corrected chi connectivity index (χ0v) is 10.1. The average molecular weight is 210 g/mol. The molecule has 1 aromatic heterocycles. The number of nitrogens with two attached hydrogens (primary N) is 1. The van der Waals surface area contributed by atoms with E-state index in [0.717, 1.165) is 18.5 Å². The van der Waals surface area contributed by atoms with E-state index in [1.54, 1.807) is 0 Å². The van der Waals surface area contributed by atoms with Gasteiger partial charge in [0.05, 0.1) is 5.69 Å². The van der Waals surface area contributed by atoms with Crippen LogP contribution in [0.15, 0.2) is 6.07 Å². The summed E-state index contributed by atoms with van der Waals surface area (Å²) in [7, 11) is 1.98. The Morgan fingerprint density at radius 2 is 2.27 bits per heavy atom. The number of aryl methyl sites for hydroxylation is 2. The van der Waals surface area contributed by atoms with E-state index in [-0.39, 0.29) is 0 Å². The molecule has 86 valence electrons. The van der Waals surface area contributed by atoms with E-state index in [9.17, 15) is 0 Å². The van der Waals surface area contributed by atoms with Crippen LogP contribution in [0.3, 0.4) is 0 Å². The predicted octanol–water partition coefficient (Wildman–Crippen LogP) is 1.15. The van der Waals surface area contributed by atoms with Gasteiger partial charge in [0.15, 0.2) is 0 Å². The summed E-state index contributed by atoms with van der Waals surface area (Å²) >= 11 is 0. The quantitative estimate of drug-likeness (QED) is 0.566. The van der Waals surface area contributed by atoms with Crippen LogP contribution in [-0.4, -0.2) is 15.8 Å². The van der Waals surface area contributed by atoms with Crippen molar-refractivity contribution in [1.29, 1.82) is 0 Å². The Balaban J connectivity index is 2.70. The Hall–Kier alpha value is -0.870. The van der Waals surface area contributed by atoms with E-state index in [2.05, 4.69) is 30.4 Å². The SMILES string of the molecule is CCC(C)C(Cc1cc(C)nn1C)NN. The number of nitrogens with zero attached hydrogens (tertiary/aromatic N) is 2. The van der Waals surface area contributed by atoms with Gasteiger partial charge in [0.1, 0.15) is 0 Å². The van der Waals surface area contributed by atoms with E-state index in [1.165, 1.54) is 5.69 Å². The summed E-state index contributed by atoms with van der Waals surface area (Å²) < 4.78 is 1.93. The second-order valence-electron chi connectivity index (χ2n) is 4.26. The van der Waals surface area contributed by atoms with Crippen LogP contribution in [0.5, 0.6) is 0 Å². The lowest BCUT2D eigenvalue weighted by Gasteiger charge is -2.21. The minimum absolute atomic E-state index is 0.324. The largest absolute Gasteiger partial charge is 0.272 e. The van der Waals surface area contributed by atoms with E-state index in [1.807, 2.05) is 18.7 Å². The fourth-order valence-electron chi connectivity index (χ4n) is 1.79. The van der Waals surface area contributed by atoms with E-state index < -0.39 is 0 Å². The van der Waals surface area contributed by atoms with Crippen molar-refractivity contribution in [2.75, 3.05) is 0 Å². The van der Waals surface area contributed by atoms with Crippen LogP contribution in [0.1, 0.15) is 31.7 Å². The monoisotopic (exact) mass is 210 g/mol. The lowest BCUT2D eigenvalue weighted by atomic mass is 9.95. The van der Waals surface area contributed by atoms with E-state index in [0.29, 0.717) is 12.0 Å². The molecule has 1 rings (SSSR count). The molecule has 0 aliphatic carbocycles. The molecule has 0 fully saturated rings. The average Bonchev–Trinajstić information content (AvgIpc) is 2.52. The minimum atomic E-state index is 0.324. The first-order chi connectivity index (χ1) is 7.08. The number of rotatable bonds is 5. The zero-order chi connectivity index (χ0) is 11.4. The Morgan fingerprint density at radius 1 is 1.60 bits per heavy atom. The number of hydrogen-bond donors (Lipinski definition) is 2. The van der Waals surface area contributed by atoms with Gasteiger partial charge in [-0.2, -0.15) is 5.10 Å². The maximum Gasteiger partial charge on any atom is 0.0596 e. The Bertz CT molecular complexity index is 306. The summed E-state index contributed by atoms with van der Waals surface area (Å²) in [5.74, 6) is 6.15. The van der Waals surface area contributed by atoms with Gasteiger partial charge in [-0.25, -0.2) is 0 Å². The molecule has 0 bridgehead atoms. The molecule has 0 saturated carbocycles. The molecule has 0 aliphatic heterocycles. The van der Waals surface area contributed by atoms with Crippen molar-refractivity contribution in [3.63, 3.8) is 0 Å². The molecule has 0 radical (unpaired) electrons. The highest BCUT2D eigenvalue weighted by Gasteiger charge is 2.16. The molecular formula is C11H22N4. The number of aromatic nitrogens is 2. The molecule has 2 atom stereocenters. The summed E-state index contributed by atoms with van der Waals surface area (Å²) in [5, 5.41) is 4.33. The number of nitrogens with one attached hydrogen (secondary N) is 1. The molecular weight excluding hydrogens is 188 g/mol. The van der Waals surface area contributed by atoms with Gasteiger partial charge >= 0.3 is 0 Å². The molecule has 15 heavy (non-hydrogen) atoms. The highest BCUT2D eigenvalue weighted by Crippen LogP contribution is 2.13. The Kier molecular flexibility index (Phi) is 4.29. The molecule has 0 saturated heterocycles. The molecule has 1 aromatic rings. The van der Waals surface area contributed by atoms with Crippen molar-refractivity contribution < 1.29 is 0 Å². The van der Waals surface area contributed by atoms with Gasteiger partial charge in [0.25, 0.3) is 0 Å². The summed E-state index contributed by atoms with van der Waals surface area (Å²) in [6.45, 7) is 6.41. The van der Waals surface area contributed by atoms with Crippen LogP contribution < -0.4 is 11.3 Å². The summed E-state index contributed by atoms with van der Waals surface area (Å²) in [6.07, 6.45) is 2.06. The van der Waals surface area contributed by atoms with Gasteiger partial charge in [-0.3, -0.25) is 16.0 Å². The highest BCUT2D eigenvalue weighted by atomic mass is 15.3. The van der Waals surface area contributed by atoms with Crippen molar-refractivity contribution in [1.82, 2.24) is 15.2 Å². The van der Waals surface area contributed by atoms with Crippen LogP contribution in [0, 0.1) is 12.8 Å². The van der Waals surface area contributed by atoms with Crippen molar-refractivity contribution >= 4 is 0 Å². The molecule has 4 heteroatoms. The van der Waals surface area contributed by atoms with Crippen LogP contribution in [0.25, 0.3) is 0 Å². The smallest absolute Gasteiger partial charge is 0.0596 e. The molecule has 2 unspecified atom stereocenters. The maximum absolute atomic E-state index is 5.57. The fraction of sp³-hybridized carbons (Fsp3) is 0.727. The first-order valence-corrected chi connectivity index (χ1v) is 5.54. The van der Waals surface area contributed by atoms with Gasteiger partial charge in [0, 0.05) is 25.2 Å². The minimum Gasteiger partial charge on any atom is -0.272 e. The third kappa shape index (κ3) is 3.04. The standard InChI is InChI=1S/C11H22N4/c1-5-8(2)11(13-12)7-10-6-9(3)14-15(10)4/h6,8,11,13H,5,7,12H2,1-4H3. The lowest BCUT2D eigenvalue weighted by molar-refractivity contribution is 0.364. The van der Waals surface area contributed by atoms with Crippen molar-refractivity contribution in [3.8, 4) is 0 Å². The molecule has 0 amide bonds. The Labute approximate surface area is 91.8 Å². The maximum atomic E-state index is 5.57. The first-order valence-electron chi connectivity index (χ1n) is 5.54. The summed E-state index contributed by atoms with van der Waals surface area (Å²) in [5.41, 5.74) is 5.19. The van der Waals surface area contributed by atoms with Crippen LogP contribution in [-0.2, 0) is 13.5 Å². The third-order valence-electron chi connectivity index (χ3n) is 3.07. The van der Waals surface area contributed by atoms with Gasteiger partial charge in [-0.05, 0) is 18.9 Å². The van der Waals surface area contributed by atoms with Crippen molar-refractivity contribution in [2.45, 2.75) is 39.7 Å². The molecule has 0 aliphatic rings. The molecule has 1 heterocycles. The van der Waals surface area contributed by atoms with Crippen molar-refractivity contribution in [2.24, 2.45) is 18.8 Å². The molecule has 0 aromatic carbocycles. The first kappa shape index (κ1) is 12.2. The molecule has 0 spiro atoms. The molecule has 3 N–H and O–H groups in total. The van der Waals surface area contributed by atoms with Crippen molar-refractivity contribution in [3.05, 3.63) is 17.5 Å². The lowest BCUT2D eigenvalue weighted by Crippen LogP contribution is -2.41. The van der Waals surface area contributed by atoms with Gasteiger partial charge in [-0.1, -0.05) is 20.3 Å². The second kappa shape index (κ2) is 5.28. The fourth-order valence-corrected chi connectivity index (χ4v) is 1.79. The van der Waals surface area contributed by atoms with Crippen LogP contribution in [0.2, 0.25) is 0 Å². The third-order valence-corrected chi connectivity index (χ3v) is 3.07. The normalized spacial score (nSPS) is 15.3. The zero-order valence-electron chi connectivity index (χ0n) is 10.1. The van der Waals surface area contributed by atoms with Crippen LogP contribution >= 0.6 is 0 Å². The van der Waals surface area contributed by atoms with Gasteiger partial charge in [0.2, 0.25) is 0 Å². The Morgan fingerprint density at radius 3 is 2.67 bits per heavy atom. The van der Waals surface area contributed by atoms with E-state index in [4.69, 9.17) is 5.84 Å². The number of hydrogen-bond acceptors (Lipinski definition) is 3. The predicted molar refractivity (Wildman–Crippen MR) is 62.2 cm³/mol. The van der Waals surface area contributed by atoms with Crippen LogP contribution in [0.4, 0.5) is 0 Å². The van der Waals surface area contributed by atoms with Gasteiger partial charge in [-0.15, -0.1) is 0 Å². The van der Waals surface area contributed by atoms with E-state index >= 15 is 0 Å². The number of hydrazine groups is 1. The molecule has 4 nitrogen and oxygen atoms in total. The second-order valence-corrected chi connectivity index (χ2v) is 4.26. The highest BCUT2D eigenvalue weighted by molar-refractivity contribution is 5.10.